The van der Waals surface area contributed by atoms with E-state index in [4.69, 9.17) is 4.74 Å². The molecule has 0 aliphatic carbocycles. The number of nitrogens with zero attached hydrogens (tertiary/aromatic N) is 1. The van der Waals surface area contributed by atoms with Gasteiger partial charge in [-0.2, -0.15) is 0 Å². The average Bonchev–Trinajstić information content (AvgIpc) is 2.61. The molecule has 1 rings (SSSR count). The average molecular weight is 220 g/mol. The Balaban J connectivity index is 2.82. The van der Waals surface area contributed by atoms with E-state index in [0.717, 1.165) is 11.4 Å². The van der Waals surface area contributed by atoms with Crippen LogP contribution in [0.1, 0.15) is 31.1 Å². The molecule has 0 amide bonds. The zero-order valence-corrected chi connectivity index (χ0v) is 9.62. The Kier molecular flexibility index (Phi) is 4.51. The Hall–Kier alpha value is -1.84. The van der Waals surface area contributed by atoms with Gasteiger partial charge in [-0.3, -0.25) is 4.79 Å². The van der Waals surface area contributed by atoms with E-state index in [2.05, 4.69) is 16.5 Å². The molecule has 0 bridgehead atoms. The first-order valence-corrected chi connectivity index (χ1v) is 5.20. The first-order valence-electron chi connectivity index (χ1n) is 5.20. The number of hydrogen-bond acceptors (Lipinski definition) is 3. The molecule has 0 atom stereocenters. The molecule has 0 fully saturated rings. The predicted octanol–water partition coefficient (Wildman–Crippen LogP) is 2.19. The number of hydrogen-bond donors (Lipinski definition) is 1. The van der Waals surface area contributed by atoms with E-state index in [0.29, 0.717) is 12.4 Å². The molecule has 16 heavy (non-hydrogen) atoms. The Morgan fingerprint density at radius 2 is 2.38 bits per heavy atom. The minimum atomic E-state index is -0.279. The fraction of sp³-hybridized carbons (Fsp3) is 0.333. The summed E-state index contributed by atoms with van der Waals surface area (Å²) in [5.74, 6) is 0.320. The molecular weight excluding hydrogens is 204 g/mol. The van der Waals surface area contributed by atoms with Gasteiger partial charge in [-0.15, -0.1) is 0 Å². The molecule has 0 saturated heterocycles. The predicted molar refractivity (Wildman–Crippen MR) is 63.7 cm³/mol. The van der Waals surface area contributed by atoms with Crippen LogP contribution in [0.3, 0.4) is 0 Å². The van der Waals surface area contributed by atoms with Gasteiger partial charge in [0.1, 0.15) is 12.2 Å². The van der Waals surface area contributed by atoms with Crippen molar-refractivity contribution >= 4 is 18.1 Å². The van der Waals surface area contributed by atoms with E-state index in [9.17, 15) is 4.79 Å². The van der Waals surface area contributed by atoms with Crippen LogP contribution in [0.2, 0.25) is 0 Å². The number of allylic oxidation sites excluding steroid dienone is 1. The summed E-state index contributed by atoms with van der Waals surface area (Å²) in [6.45, 7) is 7.75. The van der Waals surface area contributed by atoms with Gasteiger partial charge in [0.15, 0.2) is 0 Å². The summed E-state index contributed by atoms with van der Waals surface area (Å²) in [6, 6.07) is 0. The Morgan fingerprint density at radius 1 is 1.62 bits per heavy atom. The number of imidazole rings is 1. The van der Waals surface area contributed by atoms with E-state index < -0.39 is 0 Å². The van der Waals surface area contributed by atoms with Crippen LogP contribution >= 0.6 is 0 Å². The molecule has 86 valence electrons. The normalized spacial score (nSPS) is 10.6. The zero-order valence-electron chi connectivity index (χ0n) is 9.62. The maximum Gasteiger partial charge on any atom is 0.313 e. The zero-order chi connectivity index (χ0) is 12.0. The number of carbonyl (C=O) groups is 1. The monoisotopic (exact) mass is 220 g/mol. The van der Waals surface area contributed by atoms with Crippen molar-refractivity contribution in [2.75, 3.05) is 6.61 Å². The van der Waals surface area contributed by atoms with Gasteiger partial charge in [-0.25, -0.2) is 4.98 Å². The molecule has 1 aromatic heterocycles. The highest BCUT2D eigenvalue weighted by molar-refractivity contribution is 5.72. The summed E-state index contributed by atoms with van der Waals surface area (Å²) >= 11 is 0. The summed E-state index contributed by atoms with van der Waals surface area (Å²) in [7, 11) is 0. The highest BCUT2D eigenvalue weighted by atomic mass is 16.5. The third-order valence-electron chi connectivity index (χ3n) is 1.95. The number of ether oxygens (including phenoxy) is 1. The molecule has 4 nitrogen and oxygen atoms in total. The third-order valence-corrected chi connectivity index (χ3v) is 1.95. The molecule has 0 radical (unpaired) electrons. The molecule has 4 heteroatoms. The van der Waals surface area contributed by atoms with Gasteiger partial charge in [0, 0.05) is 0 Å². The van der Waals surface area contributed by atoms with Crippen molar-refractivity contribution < 1.29 is 9.53 Å². The van der Waals surface area contributed by atoms with Gasteiger partial charge in [-0.1, -0.05) is 12.7 Å². The standard InChI is InChI=1S/C12H16N2O2/c1-4-7-10-9(5-2)13-11(14-10)8-12(15)16-6-3/h4-5,7H,2,6,8H2,1,3H3,(H,13,14)/b7-4-. The van der Waals surface area contributed by atoms with Gasteiger partial charge in [0.2, 0.25) is 0 Å². The van der Waals surface area contributed by atoms with E-state index >= 15 is 0 Å². The maximum absolute atomic E-state index is 11.3. The highest BCUT2D eigenvalue weighted by Gasteiger charge is 2.09. The van der Waals surface area contributed by atoms with Crippen LogP contribution in [-0.2, 0) is 16.0 Å². The SMILES string of the molecule is C=Cc1nc(CC(=O)OCC)[nH]c1/C=C\C. The number of nitrogens with one attached hydrogen (secondary N) is 1. The summed E-state index contributed by atoms with van der Waals surface area (Å²) in [4.78, 5) is 18.5. The van der Waals surface area contributed by atoms with Crippen LogP contribution in [0.4, 0.5) is 0 Å². The molecule has 0 aromatic carbocycles. The van der Waals surface area contributed by atoms with Crippen LogP contribution in [0.25, 0.3) is 12.2 Å². The van der Waals surface area contributed by atoms with Gasteiger partial charge in [0.25, 0.3) is 0 Å². The van der Waals surface area contributed by atoms with Crippen molar-refractivity contribution in [1.29, 1.82) is 0 Å². The van der Waals surface area contributed by atoms with Crippen molar-refractivity contribution in [2.45, 2.75) is 20.3 Å². The third kappa shape index (κ3) is 3.08. The van der Waals surface area contributed by atoms with Crippen molar-refractivity contribution in [3.63, 3.8) is 0 Å². The number of esters is 1. The largest absolute Gasteiger partial charge is 0.466 e. The maximum atomic E-state index is 11.3. The Morgan fingerprint density at radius 3 is 2.94 bits per heavy atom. The van der Waals surface area contributed by atoms with Crippen molar-refractivity contribution in [3.05, 3.63) is 29.9 Å². The fourth-order valence-electron chi connectivity index (χ4n) is 1.33. The van der Waals surface area contributed by atoms with Crippen LogP contribution in [0, 0.1) is 0 Å². The Bertz CT molecular complexity index is 405. The second-order valence-electron chi connectivity index (χ2n) is 3.17. The topological polar surface area (TPSA) is 55.0 Å². The van der Waals surface area contributed by atoms with Crippen LogP contribution in [-0.4, -0.2) is 22.5 Å². The minimum Gasteiger partial charge on any atom is -0.466 e. The smallest absolute Gasteiger partial charge is 0.313 e. The summed E-state index contributed by atoms with van der Waals surface area (Å²) in [5.41, 5.74) is 1.61. The summed E-state index contributed by atoms with van der Waals surface area (Å²) in [5, 5.41) is 0. The lowest BCUT2D eigenvalue weighted by Gasteiger charge is -1.97. The number of aromatic nitrogens is 2. The minimum absolute atomic E-state index is 0.159. The number of aromatic amines is 1. The quantitative estimate of drug-likeness (QED) is 0.774. The summed E-state index contributed by atoms with van der Waals surface area (Å²) in [6.07, 6.45) is 5.60. The number of H-pyrrole nitrogens is 1. The van der Waals surface area contributed by atoms with E-state index in [1.54, 1.807) is 13.0 Å². The number of carbonyl (C=O) groups excluding carboxylic acids is 1. The molecular formula is C12H16N2O2. The van der Waals surface area contributed by atoms with E-state index in [-0.39, 0.29) is 12.4 Å². The van der Waals surface area contributed by atoms with Crippen molar-refractivity contribution in [1.82, 2.24) is 9.97 Å². The van der Waals surface area contributed by atoms with Gasteiger partial charge in [0.05, 0.1) is 18.0 Å². The highest BCUT2D eigenvalue weighted by Crippen LogP contribution is 2.10. The lowest BCUT2D eigenvalue weighted by molar-refractivity contribution is -0.142. The second-order valence-corrected chi connectivity index (χ2v) is 3.17. The fourth-order valence-corrected chi connectivity index (χ4v) is 1.33. The molecule has 0 spiro atoms. The molecule has 1 heterocycles. The van der Waals surface area contributed by atoms with Gasteiger partial charge in [-0.05, 0) is 26.0 Å². The molecule has 0 unspecified atom stereocenters. The second kappa shape index (κ2) is 5.90. The molecule has 0 saturated carbocycles. The van der Waals surface area contributed by atoms with Crippen molar-refractivity contribution in [2.24, 2.45) is 0 Å². The van der Waals surface area contributed by atoms with Crippen molar-refractivity contribution in [3.8, 4) is 0 Å². The van der Waals surface area contributed by atoms with E-state index in [1.165, 1.54) is 0 Å². The number of rotatable bonds is 5. The first-order chi connectivity index (χ1) is 7.71. The summed E-state index contributed by atoms with van der Waals surface area (Å²) < 4.78 is 4.85. The lowest BCUT2D eigenvalue weighted by atomic mass is 10.3. The van der Waals surface area contributed by atoms with Crippen LogP contribution < -0.4 is 0 Å². The van der Waals surface area contributed by atoms with E-state index in [1.807, 2.05) is 19.1 Å². The van der Waals surface area contributed by atoms with Gasteiger partial charge >= 0.3 is 5.97 Å². The molecule has 0 aliphatic rings. The molecule has 1 N–H and O–H groups in total. The first kappa shape index (κ1) is 12.2. The molecule has 1 aromatic rings. The molecule has 0 aliphatic heterocycles. The Labute approximate surface area is 95.0 Å². The van der Waals surface area contributed by atoms with Crippen LogP contribution in [0.5, 0.6) is 0 Å². The van der Waals surface area contributed by atoms with Gasteiger partial charge < -0.3 is 9.72 Å². The lowest BCUT2D eigenvalue weighted by Crippen LogP contribution is -2.08. The van der Waals surface area contributed by atoms with Crippen LogP contribution in [0.15, 0.2) is 12.7 Å².